The molecule has 0 bridgehead atoms. The highest BCUT2D eigenvalue weighted by Crippen LogP contribution is 2.41. The number of ether oxygens (including phenoxy) is 2. The number of pyridine rings is 2. The van der Waals surface area contributed by atoms with Crippen molar-refractivity contribution in [2.24, 2.45) is 0 Å². The summed E-state index contributed by atoms with van der Waals surface area (Å²) >= 11 is 0. The summed E-state index contributed by atoms with van der Waals surface area (Å²) in [5, 5.41) is 2.33. The van der Waals surface area contributed by atoms with Gasteiger partial charge in [-0.2, -0.15) is 0 Å². The van der Waals surface area contributed by atoms with E-state index in [0.29, 0.717) is 35.8 Å². The van der Waals surface area contributed by atoms with Crippen LogP contribution in [0.4, 0.5) is 0 Å². The van der Waals surface area contributed by atoms with Gasteiger partial charge in [0.1, 0.15) is 11.2 Å². The quantitative estimate of drug-likeness (QED) is 0.147. The third-order valence-electron chi connectivity index (χ3n) is 10.6. The third kappa shape index (κ3) is 9.07. The smallest absolute Gasteiger partial charge is 0.340 e. The number of nitrogens with zero attached hydrogens (tertiary/aromatic N) is 3. The number of benzene rings is 3. The van der Waals surface area contributed by atoms with E-state index in [1.807, 2.05) is 96.5 Å². The van der Waals surface area contributed by atoms with E-state index < -0.39 is 11.2 Å². The lowest BCUT2D eigenvalue weighted by molar-refractivity contribution is 0.00551. The van der Waals surface area contributed by atoms with Crippen LogP contribution in [-0.2, 0) is 22.3 Å². The number of hydrogen-bond acceptors (Lipinski definition) is 6. The van der Waals surface area contributed by atoms with Crippen LogP contribution < -0.4 is 0 Å². The number of esters is 2. The van der Waals surface area contributed by atoms with Crippen LogP contribution in [-0.4, -0.2) is 42.7 Å². The Hall–Kier alpha value is -6.02. The summed E-state index contributed by atoms with van der Waals surface area (Å²) < 4.78 is 13.6. The molecule has 0 radical (unpaired) electrons. The Labute approximate surface area is 340 Å². The van der Waals surface area contributed by atoms with Crippen molar-refractivity contribution in [1.29, 1.82) is 0 Å². The zero-order valence-corrected chi connectivity index (χ0v) is 34.3. The van der Waals surface area contributed by atoms with Gasteiger partial charge in [0, 0.05) is 59.6 Å². The molecule has 2 aliphatic rings. The molecule has 0 atom stereocenters. The van der Waals surface area contributed by atoms with E-state index in [1.54, 1.807) is 0 Å². The van der Waals surface area contributed by atoms with Gasteiger partial charge in [0.15, 0.2) is 0 Å². The molecule has 2 saturated carbocycles. The number of fused-ring (bicyclic) bond motifs is 2. The number of nitrogens with one attached hydrogen (secondary N) is 1. The van der Waals surface area contributed by atoms with E-state index in [-0.39, 0.29) is 11.9 Å². The lowest BCUT2D eigenvalue weighted by atomic mass is 10.00. The summed E-state index contributed by atoms with van der Waals surface area (Å²) in [4.78, 5) is 38.5. The molecule has 0 amide bonds. The summed E-state index contributed by atoms with van der Waals surface area (Å²) in [5.74, 6) is 0.493. The molecule has 0 spiro atoms. The van der Waals surface area contributed by atoms with Gasteiger partial charge in [-0.05, 0) is 150 Å². The van der Waals surface area contributed by atoms with Gasteiger partial charge in [-0.3, -0.25) is 9.97 Å². The van der Waals surface area contributed by atoms with E-state index in [4.69, 9.17) is 14.5 Å². The molecule has 1 N–H and O–H groups in total. The number of rotatable bonds is 9. The van der Waals surface area contributed by atoms with Gasteiger partial charge < -0.3 is 19.0 Å². The average Bonchev–Trinajstić information content (AvgIpc) is 4.12. The van der Waals surface area contributed by atoms with Crippen molar-refractivity contribution in [3.05, 3.63) is 161 Å². The first-order valence-electron chi connectivity index (χ1n) is 20.4. The molecule has 4 heterocycles. The fraction of sp³-hybridized carbons (Fsp3) is 0.320. The number of carbonyl (C=O) groups is 2. The molecule has 2 aliphatic carbocycles. The topological polar surface area (TPSA) is 99.1 Å². The summed E-state index contributed by atoms with van der Waals surface area (Å²) in [7, 11) is 0. The van der Waals surface area contributed by atoms with E-state index in [0.717, 1.165) is 55.7 Å². The number of carbonyl (C=O) groups excluding carboxylic acids is 2. The minimum atomic E-state index is -0.545. The largest absolute Gasteiger partial charge is 0.456 e. The molecule has 4 aromatic heterocycles. The molecular formula is C50H52N4O4. The highest BCUT2D eigenvalue weighted by molar-refractivity contribution is 5.93. The minimum absolute atomic E-state index is 0.288. The summed E-state index contributed by atoms with van der Waals surface area (Å²) in [6.45, 7) is 11.4. The zero-order chi connectivity index (χ0) is 40.6. The van der Waals surface area contributed by atoms with E-state index in [1.165, 1.54) is 31.1 Å². The number of para-hydroxylation sites is 1. The predicted octanol–water partition coefficient (Wildman–Crippen LogP) is 11.4. The van der Waals surface area contributed by atoms with Gasteiger partial charge in [0.25, 0.3) is 0 Å². The minimum Gasteiger partial charge on any atom is -0.456 e. The van der Waals surface area contributed by atoms with Gasteiger partial charge in [-0.25, -0.2) is 9.59 Å². The second kappa shape index (κ2) is 15.7. The van der Waals surface area contributed by atoms with Crippen LogP contribution in [0.1, 0.15) is 133 Å². The first-order valence-corrected chi connectivity index (χ1v) is 20.4. The first-order chi connectivity index (χ1) is 27.8. The molecule has 8 nitrogen and oxygen atoms in total. The Morgan fingerprint density at radius 1 is 0.655 bits per heavy atom. The highest BCUT2D eigenvalue weighted by atomic mass is 16.6. The van der Waals surface area contributed by atoms with Crippen molar-refractivity contribution in [1.82, 2.24) is 19.5 Å². The summed E-state index contributed by atoms with van der Waals surface area (Å²) in [6, 6.07) is 31.0. The van der Waals surface area contributed by atoms with Crippen molar-refractivity contribution >= 4 is 33.7 Å². The fourth-order valence-electron chi connectivity index (χ4n) is 7.46. The SMILES string of the molecule is CC(C)(C)OC(=O)c1cc(C2CC2)cnc1Cc1cccc2[nH]ccc12.CC(C)(C)OC(=O)c1cc(C2CC2)cnc1Cc1cccc2c1ccn2-c1ccccc1. The lowest BCUT2D eigenvalue weighted by Gasteiger charge is -2.21. The monoisotopic (exact) mass is 772 g/mol. The highest BCUT2D eigenvalue weighted by Gasteiger charge is 2.29. The normalized spacial score (nSPS) is 14.2. The molecular weight excluding hydrogens is 721 g/mol. The van der Waals surface area contributed by atoms with Crippen LogP contribution in [0.3, 0.4) is 0 Å². The van der Waals surface area contributed by atoms with Crippen molar-refractivity contribution in [3.63, 3.8) is 0 Å². The number of H-pyrrole nitrogens is 1. The molecule has 7 aromatic rings. The second-order valence-corrected chi connectivity index (χ2v) is 17.7. The van der Waals surface area contributed by atoms with Gasteiger partial charge in [-0.1, -0.05) is 42.5 Å². The summed E-state index contributed by atoms with van der Waals surface area (Å²) in [5.41, 5.74) is 9.61. The molecule has 9 rings (SSSR count). The van der Waals surface area contributed by atoms with Crippen LogP contribution in [0, 0.1) is 0 Å². The third-order valence-corrected chi connectivity index (χ3v) is 10.6. The zero-order valence-electron chi connectivity index (χ0n) is 34.3. The van der Waals surface area contributed by atoms with E-state index in [2.05, 4.69) is 75.3 Å². The van der Waals surface area contributed by atoms with Crippen LogP contribution in [0.25, 0.3) is 27.5 Å². The maximum absolute atomic E-state index is 13.1. The molecule has 58 heavy (non-hydrogen) atoms. The van der Waals surface area contributed by atoms with E-state index >= 15 is 0 Å². The molecule has 296 valence electrons. The van der Waals surface area contributed by atoms with Gasteiger partial charge in [0.05, 0.1) is 28.0 Å². The Morgan fingerprint density at radius 2 is 1.19 bits per heavy atom. The van der Waals surface area contributed by atoms with Crippen molar-refractivity contribution in [2.75, 3.05) is 0 Å². The first kappa shape index (κ1) is 38.8. The Kier molecular flexibility index (Phi) is 10.5. The maximum atomic E-state index is 13.1. The van der Waals surface area contributed by atoms with Gasteiger partial charge >= 0.3 is 11.9 Å². The average molecular weight is 773 g/mol. The fourth-order valence-corrected chi connectivity index (χ4v) is 7.46. The Bertz CT molecular complexity index is 2600. The molecule has 0 unspecified atom stereocenters. The maximum Gasteiger partial charge on any atom is 0.340 e. The summed E-state index contributed by atoms with van der Waals surface area (Å²) in [6.07, 6.45) is 13.8. The number of aromatic nitrogens is 4. The molecule has 3 aromatic carbocycles. The van der Waals surface area contributed by atoms with Gasteiger partial charge in [0.2, 0.25) is 0 Å². The van der Waals surface area contributed by atoms with Crippen molar-refractivity contribution in [2.45, 2.75) is 103 Å². The molecule has 0 aliphatic heterocycles. The Balaban J connectivity index is 0.000000165. The second-order valence-electron chi connectivity index (χ2n) is 17.7. The van der Waals surface area contributed by atoms with Gasteiger partial charge in [-0.15, -0.1) is 0 Å². The predicted molar refractivity (Wildman–Crippen MR) is 230 cm³/mol. The molecule has 0 saturated heterocycles. The van der Waals surface area contributed by atoms with Crippen LogP contribution >= 0.6 is 0 Å². The standard InChI is InChI=1S/C28H28N2O2.C22H24N2O2/c1-28(2,3)32-27(31)24-16-21(19-12-13-19)18-29-25(24)17-20-8-7-11-26-23(20)14-15-30(26)22-9-5-4-6-10-22;1-22(2,3)26-21(25)18-11-16(14-7-8-14)13-24-20(18)12-15-5-4-6-19-17(15)9-10-23-19/h4-11,14-16,18-19H,12-13,17H2,1-3H3;4-6,9-11,13-14,23H,7-8,12H2,1-3H3. The number of aromatic amines is 1. The van der Waals surface area contributed by atoms with Crippen molar-refractivity contribution in [3.8, 4) is 5.69 Å². The molecule has 2 fully saturated rings. The van der Waals surface area contributed by atoms with Crippen LogP contribution in [0.15, 0.2) is 116 Å². The number of hydrogen-bond donors (Lipinski definition) is 1. The lowest BCUT2D eigenvalue weighted by Crippen LogP contribution is -2.25. The van der Waals surface area contributed by atoms with E-state index in [9.17, 15) is 9.59 Å². The van der Waals surface area contributed by atoms with Crippen LogP contribution in [0.5, 0.6) is 0 Å². The molecule has 8 heteroatoms. The Morgan fingerprint density at radius 3 is 1.72 bits per heavy atom. The van der Waals surface area contributed by atoms with Crippen LogP contribution in [0.2, 0.25) is 0 Å². The van der Waals surface area contributed by atoms with Crippen molar-refractivity contribution < 1.29 is 19.1 Å².